The molecule has 0 fully saturated rings. The van der Waals surface area contributed by atoms with E-state index < -0.39 is 14.0 Å². The maximum atomic E-state index is 10.7. The van der Waals surface area contributed by atoms with E-state index in [1.807, 2.05) is 0 Å². The average Bonchev–Trinajstić information content (AvgIpc) is 2.33. The standard InChI is InChI=1S/C14H22O4Si/c1-19(2,3)9-8-17-11-18-10-12-4-6-13(7-5-12)14(15)16/h4-7H,8-11H2,1-3H3,(H,15,16). The molecule has 0 amide bonds. The molecule has 0 unspecified atom stereocenters. The molecule has 0 radical (unpaired) electrons. The van der Waals surface area contributed by atoms with Crippen molar-refractivity contribution in [3.63, 3.8) is 0 Å². The van der Waals surface area contributed by atoms with Gasteiger partial charge in [0, 0.05) is 14.7 Å². The normalized spacial score (nSPS) is 11.5. The molecule has 4 nitrogen and oxygen atoms in total. The van der Waals surface area contributed by atoms with Crippen LogP contribution in [0, 0.1) is 0 Å². The van der Waals surface area contributed by atoms with E-state index in [4.69, 9.17) is 14.6 Å². The van der Waals surface area contributed by atoms with Gasteiger partial charge in [-0.05, 0) is 23.7 Å². The van der Waals surface area contributed by atoms with Gasteiger partial charge in [0.25, 0.3) is 0 Å². The van der Waals surface area contributed by atoms with Crippen LogP contribution in [0.2, 0.25) is 25.7 Å². The van der Waals surface area contributed by atoms with Crippen molar-refractivity contribution in [1.82, 2.24) is 0 Å². The van der Waals surface area contributed by atoms with Crippen molar-refractivity contribution < 1.29 is 19.4 Å². The molecule has 1 aromatic rings. The van der Waals surface area contributed by atoms with E-state index in [1.165, 1.54) is 0 Å². The number of aromatic carboxylic acids is 1. The lowest BCUT2D eigenvalue weighted by atomic mass is 10.1. The van der Waals surface area contributed by atoms with Crippen molar-refractivity contribution in [2.75, 3.05) is 13.4 Å². The molecular weight excluding hydrogens is 260 g/mol. The zero-order valence-corrected chi connectivity index (χ0v) is 12.8. The Kier molecular flexibility index (Phi) is 6.21. The number of hydrogen-bond donors (Lipinski definition) is 1. The molecule has 5 heteroatoms. The molecular formula is C14H22O4Si. The Morgan fingerprint density at radius 1 is 1.16 bits per heavy atom. The summed E-state index contributed by atoms with van der Waals surface area (Å²) in [4.78, 5) is 10.7. The number of rotatable bonds is 8. The van der Waals surface area contributed by atoms with Crippen LogP contribution in [0.25, 0.3) is 0 Å². The smallest absolute Gasteiger partial charge is 0.335 e. The molecule has 0 atom stereocenters. The summed E-state index contributed by atoms with van der Waals surface area (Å²) in [5.41, 5.74) is 1.23. The fourth-order valence-corrected chi connectivity index (χ4v) is 2.16. The molecule has 1 N–H and O–H groups in total. The van der Waals surface area contributed by atoms with Gasteiger partial charge in [-0.3, -0.25) is 0 Å². The van der Waals surface area contributed by atoms with E-state index in [-0.39, 0.29) is 12.4 Å². The van der Waals surface area contributed by atoms with Crippen molar-refractivity contribution >= 4 is 14.0 Å². The van der Waals surface area contributed by atoms with Crippen LogP contribution in [0.5, 0.6) is 0 Å². The third-order valence-electron chi connectivity index (χ3n) is 2.63. The Labute approximate surface area is 115 Å². The largest absolute Gasteiger partial charge is 0.478 e. The molecule has 0 aliphatic rings. The number of hydrogen-bond acceptors (Lipinski definition) is 3. The number of carbonyl (C=O) groups is 1. The van der Waals surface area contributed by atoms with E-state index in [1.54, 1.807) is 24.3 Å². The van der Waals surface area contributed by atoms with E-state index in [2.05, 4.69) is 19.6 Å². The predicted molar refractivity (Wildman–Crippen MR) is 77.2 cm³/mol. The molecule has 0 bridgehead atoms. The van der Waals surface area contributed by atoms with Gasteiger partial charge in [-0.25, -0.2) is 4.79 Å². The van der Waals surface area contributed by atoms with Gasteiger partial charge in [0.05, 0.1) is 12.2 Å². The lowest BCUT2D eigenvalue weighted by molar-refractivity contribution is -0.0573. The Balaban J connectivity index is 2.17. The zero-order valence-electron chi connectivity index (χ0n) is 11.8. The summed E-state index contributed by atoms with van der Waals surface area (Å²) >= 11 is 0. The Morgan fingerprint density at radius 2 is 1.79 bits per heavy atom. The van der Waals surface area contributed by atoms with Crippen LogP contribution in [0.3, 0.4) is 0 Å². The summed E-state index contributed by atoms with van der Waals surface area (Å²) in [7, 11) is -1.03. The summed E-state index contributed by atoms with van der Waals surface area (Å²) in [6.45, 7) is 8.38. The molecule has 19 heavy (non-hydrogen) atoms. The van der Waals surface area contributed by atoms with Crippen LogP contribution in [0.15, 0.2) is 24.3 Å². The second-order valence-corrected chi connectivity index (χ2v) is 11.3. The zero-order chi connectivity index (χ0) is 14.3. The highest BCUT2D eigenvalue weighted by atomic mass is 28.3. The van der Waals surface area contributed by atoms with Crippen LogP contribution >= 0.6 is 0 Å². The lowest BCUT2D eigenvalue weighted by Crippen LogP contribution is -2.21. The van der Waals surface area contributed by atoms with Gasteiger partial charge in [-0.15, -0.1) is 0 Å². The summed E-state index contributed by atoms with van der Waals surface area (Å²) in [5, 5.41) is 8.77. The molecule has 0 aliphatic carbocycles. The lowest BCUT2D eigenvalue weighted by Gasteiger charge is -2.15. The minimum atomic E-state index is -1.03. The van der Waals surface area contributed by atoms with Gasteiger partial charge in [0.2, 0.25) is 0 Å². The molecule has 0 heterocycles. The van der Waals surface area contributed by atoms with E-state index >= 15 is 0 Å². The van der Waals surface area contributed by atoms with Gasteiger partial charge in [-0.1, -0.05) is 31.8 Å². The fraction of sp³-hybridized carbons (Fsp3) is 0.500. The predicted octanol–water partition coefficient (Wildman–Crippen LogP) is 3.21. The summed E-state index contributed by atoms with van der Waals surface area (Å²) in [5.74, 6) is -0.915. The Morgan fingerprint density at radius 3 is 2.32 bits per heavy atom. The highest BCUT2D eigenvalue weighted by Gasteiger charge is 2.11. The van der Waals surface area contributed by atoms with Crippen LogP contribution in [-0.2, 0) is 16.1 Å². The SMILES string of the molecule is C[Si](C)(C)CCOCOCc1ccc(C(=O)O)cc1. The number of carboxylic acids is 1. The van der Waals surface area contributed by atoms with Crippen molar-refractivity contribution in [3.8, 4) is 0 Å². The minimum absolute atomic E-state index is 0.283. The molecule has 0 spiro atoms. The fourth-order valence-electron chi connectivity index (χ4n) is 1.40. The topological polar surface area (TPSA) is 55.8 Å². The first-order valence-corrected chi connectivity index (χ1v) is 10.1. The minimum Gasteiger partial charge on any atom is -0.478 e. The van der Waals surface area contributed by atoms with E-state index in [0.29, 0.717) is 6.61 Å². The second kappa shape index (κ2) is 7.42. The van der Waals surface area contributed by atoms with E-state index in [9.17, 15) is 4.79 Å². The quantitative estimate of drug-likeness (QED) is 0.452. The first kappa shape index (κ1) is 15.9. The van der Waals surface area contributed by atoms with Crippen molar-refractivity contribution in [2.45, 2.75) is 32.3 Å². The molecule has 0 aromatic heterocycles. The van der Waals surface area contributed by atoms with Crippen LogP contribution in [0.1, 0.15) is 15.9 Å². The van der Waals surface area contributed by atoms with Gasteiger partial charge in [-0.2, -0.15) is 0 Å². The van der Waals surface area contributed by atoms with Crippen molar-refractivity contribution in [1.29, 1.82) is 0 Å². The Bertz CT molecular complexity index is 395. The average molecular weight is 282 g/mol. The van der Waals surface area contributed by atoms with Crippen LogP contribution in [-0.4, -0.2) is 32.5 Å². The molecule has 0 saturated carbocycles. The first-order chi connectivity index (χ1) is 8.88. The first-order valence-electron chi connectivity index (χ1n) is 6.36. The van der Waals surface area contributed by atoms with Crippen molar-refractivity contribution in [2.24, 2.45) is 0 Å². The molecule has 0 saturated heterocycles. The van der Waals surface area contributed by atoms with E-state index in [0.717, 1.165) is 18.2 Å². The van der Waals surface area contributed by atoms with Gasteiger partial charge in [0.15, 0.2) is 0 Å². The second-order valence-electron chi connectivity index (χ2n) is 5.69. The monoisotopic (exact) mass is 282 g/mol. The highest BCUT2D eigenvalue weighted by Crippen LogP contribution is 2.08. The van der Waals surface area contributed by atoms with Gasteiger partial charge >= 0.3 is 5.97 Å². The van der Waals surface area contributed by atoms with Gasteiger partial charge < -0.3 is 14.6 Å². The maximum Gasteiger partial charge on any atom is 0.335 e. The maximum absolute atomic E-state index is 10.7. The summed E-state index contributed by atoms with van der Waals surface area (Å²) in [6, 6.07) is 7.79. The molecule has 1 rings (SSSR count). The number of benzene rings is 1. The molecule has 0 aliphatic heterocycles. The van der Waals surface area contributed by atoms with Gasteiger partial charge in [0.1, 0.15) is 6.79 Å². The highest BCUT2D eigenvalue weighted by molar-refractivity contribution is 6.76. The third-order valence-corrected chi connectivity index (χ3v) is 4.34. The summed E-state index contributed by atoms with van der Waals surface area (Å²) < 4.78 is 10.8. The summed E-state index contributed by atoms with van der Waals surface area (Å²) in [6.07, 6.45) is 0. The molecule has 106 valence electrons. The number of ether oxygens (including phenoxy) is 2. The van der Waals surface area contributed by atoms with Crippen LogP contribution < -0.4 is 0 Å². The van der Waals surface area contributed by atoms with Crippen LogP contribution in [0.4, 0.5) is 0 Å². The Hall–Kier alpha value is -1.17. The number of carboxylic acid groups (broad SMARTS) is 1. The van der Waals surface area contributed by atoms with Crippen molar-refractivity contribution in [3.05, 3.63) is 35.4 Å². The molecule has 1 aromatic carbocycles. The third kappa shape index (κ3) is 7.10.